The predicted octanol–water partition coefficient (Wildman–Crippen LogP) is 15.2. The van der Waals surface area contributed by atoms with Crippen LogP contribution >= 0.6 is 0 Å². The molecule has 0 saturated heterocycles. The van der Waals surface area contributed by atoms with Crippen molar-refractivity contribution >= 4 is 38.6 Å². The summed E-state index contributed by atoms with van der Waals surface area (Å²) in [7, 11) is 0. The molecular formula is C57H41N. The Balaban J connectivity index is 1.13. The van der Waals surface area contributed by atoms with Gasteiger partial charge in [-0.15, -0.1) is 0 Å². The van der Waals surface area contributed by atoms with Crippen LogP contribution in [0.15, 0.2) is 249 Å². The van der Waals surface area contributed by atoms with Crippen molar-refractivity contribution in [1.82, 2.24) is 0 Å². The number of fused-ring (bicyclic) bond motifs is 2. The quantitative estimate of drug-likeness (QED) is 0.105. The SMILES string of the molecule is c1ccc(N(c2ccccc2)c2ccc(-c3c4ccccc4c(-c4ccc(C(c5ccccc5)(c5ccccc5)c5ccccc5)cc4)c4ccccc34)cc2)cc1. The van der Waals surface area contributed by atoms with Gasteiger partial charge in [0.25, 0.3) is 0 Å². The Labute approximate surface area is 340 Å². The fourth-order valence-electron chi connectivity index (χ4n) is 9.08. The van der Waals surface area contributed by atoms with Gasteiger partial charge in [0.2, 0.25) is 0 Å². The molecule has 58 heavy (non-hydrogen) atoms. The van der Waals surface area contributed by atoms with Gasteiger partial charge in [0.05, 0.1) is 5.41 Å². The summed E-state index contributed by atoms with van der Waals surface area (Å²) in [6.45, 7) is 0. The Morgan fingerprint density at radius 2 is 0.483 bits per heavy atom. The Bertz CT molecular complexity index is 2750. The molecule has 0 unspecified atom stereocenters. The summed E-state index contributed by atoms with van der Waals surface area (Å²) in [5.74, 6) is 0. The normalized spacial score (nSPS) is 11.4. The summed E-state index contributed by atoms with van der Waals surface area (Å²) in [6, 6.07) is 90.3. The number of anilines is 3. The first kappa shape index (κ1) is 35.0. The van der Waals surface area contributed by atoms with Gasteiger partial charge in [-0.1, -0.05) is 212 Å². The van der Waals surface area contributed by atoms with E-state index in [2.05, 4.69) is 254 Å². The maximum atomic E-state index is 2.35. The van der Waals surface area contributed by atoms with Crippen LogP contribution in [0, 0.1) is 0 Å². The summed E-state index contributed by atoms with van der Waals surface area (Å²) >= 11 is 0. The van der Waals surface area contributed by atoms with Crippen LogP contribution in [0.1, 0.15) is 22.3 Å². The number of nitrogens with zero attached hydrogens (tertiary/aromatic N) is 1. The van der Waals surface area contributed by atoms with Gasteiger partial charge in [-0.3, -0.25) is 0 Å². The van der Waals surface area contributed by atoms with Crippen LogP contribution in [-0.2, 0) is 5.41 Å². The third-order valence-electron chi connectivity index (χ3n) is 11.6. The van der Waals surface area contributed by atoms with Gasteiger partial charge in [0.1, 0.15) is 0 Å². The molecule has 0 heterocycles. The largest absolute Gasteiger partial charge is 0.311 e. The van der Waals surface area contributed by atoms with Crippen molar-refractivity contribution in [1.29, 1.82) is 0 Å². The smallest absolute Gasteiger partial charge is 0.0701 e. The molecule has 1 heteroatoms. The highest BCUT2D eigenvalue weighted by Gasteiger charge is 2.38. The van der Waals surface area contributed by atoms with Crippen LogP contribution in [0.5, 0.6) is 0 Å². The minimum Gasteiger partial charge on any atom is -0.311 e. The molecule has 0 aliphatic carbocycles. The van der Waals surface area contributed by atoms with Gasteiger partial charge in [-0.25, -0.2) is 0 Å². The summed E-state index contributed by atoms with van der Waals surface area (Å²) < 4.78 is 0. The van der Waals surface area contributed by atoms with Gasteiger partial charge in [-0.2, -0.15) is 0 Å². The summed E-state index contributed by atoms with van der Waals surface area (Å²) in [6.07, 6.45) is 0. The molecule has 0 bridgehead atoms. The molecule has 0 radical (unpaired) electrons. The summed E-state index contributed by atoms with van der Waals surface area (Å²) in [5, 5.41) is 4.96. The Morgan fingerprint density at radius 3 is 0.828 bits per heavy atom. The first-order valence-corrected chi connectivity index (χ1v) is 20.0. The standard InChI is InChI=1S/C57H41N/c1-6-20-44(21-7-1)57(45-22-8-2-9-23-45,46-24-10-3-11-25-46)47-38-34-42(35-39-47)55-51-30-16-18-32-53(51)56(54-33-19-17-31-52(54)55)43-36-40-50(41-37-43)58(48-26-12-4-13-27-48)49-28-14-5-15-29-49/h1-41H. The molecule has 0 N–H and O–H groups in total. The van der Waals surface area contributed by atoms with E-state index < -0.39 is 5.41 Å². The maximum Gasteiger partial charge on any atom is 0.0701 e. The number of rotatable bonds is 9. The first-order chi connectivity index (χ1) is 28.8. The molecule has 0 saturated carbocycles. The zero-order chi connectivity index (χ0) is 38.7. The van der Waals surface area contributed by atoms with Crippen molar-refractivity contribution in [2.24, 2.45) is 0 Å². The van der Waals surface area contributed by atoms with Gasteiger partial charge in [0, 0.05) is 17.1 Å². The van der Waals surface area contributed by atoms with E-state index in [-0.39, 0.29) is 0 Å². The molecule has 0 amide bonds. The van der Waals surface area contributed by atoms with E-state index >= 15 is 0 Å². The second kappa shape index (κ2) is 15.2. The van der Waals surface area contributed by atoms with Gasteiger partial charge >= 0.3 is 0 Å². The molecule has 274 valence electrons. The van der Waals surface area contributed by atoms with Crippen molar-refractivity contribution in [3.8, 4) is 22.3 Å². The van der Waals surface area contributed by atoms with Gasteiger partial charge < -0.3 is 4.90 Å². The van der Waals surface area contributed by atoms with E-state index in [4.69, 9.17) is 0 Å². The van der Waals surface area contributed by atoms with Crippen molar-refractivity contribution in [3.05, 3.63) is 271 Å². The minimum atomic E-state index is -0.501. The fraction of sp³-hybridized carbons (Fsp3) is 0.0175. The molecule has 0 spiro atoms. The van der Waals surface area contributed by atoms with Crippen LogP contribution in [-0.4, -0.2) is 0 Å². The van der Waals surface area contributed by atoms with Gasteiger partial charge in [0.15, 0.2) is 0 Å². The van der Waals surface area contributed by atoms with E-state index in [1.54, 1.807) is 0 Å². The van der Waals surface area contributed by atoms with E-state index in [1.807, 2.05) is 0 Å². The van der Waals surface area contributed by atoms with Crippen LogP contribution in [0.3, 0.4) is 0 Å². The number of hydrogen-bond acceptors (Lipinski definition) is 1. The lowest BCUT2D eigenvalue weighted by Gasteiger charge is -2.37. The van der Waals surface area contributed by atoms with E-state index in [0.717, 1.165) is 17.1 Å². The molecule has 10 aromatic carbocycles. The third kappa shape index (κ3) is 6.05. The van der Waals surface area contributed by atoms with Crippen molar-refractivity contribution in [2.45, 2.75) is 5.41 Å². The monoisotopic (exact) mass is 739 g/mol. The molecule has 0 atom stereocenters. The Morgan fingerprint density at radius 1 is 0.224 bits per heavy atom. The first-order valence-electron chi connectivity index (χ1n) is 20.0. The van der Waals surface area contributed by atoms with Crippen LogP contribution in [0.4, 0.5) is 17.1 Å². The summed E-state index contributed by atoms with van der Waals surface area (Å²) in [5.41, 5.74) is 12.7. The van der Waals surface area contributed by atoms with Crippen LogP contribution in [0.2, 0.25) is 0 Å². The maximum absolute atomic E-state index is 2.35. The third-order valence-corrected chi connectivity index (χ3v) is 11.6. The highest BCUT2D eigenvalue weighted by molar-refractivity contribution is 6.21. The molecule has 10 aromatic rings. The van der Waals surface area contributed by atoms with Crippen LogP contribution < -0.4 is 4.90 Å². The van der Waals surface area contributed by atoms with Crippen molar-refractivity contribution in [3.63, 3.8) is 0 Å². The topological polar surface area (TPSA) is 3.24 Å². The Hall–Kier alpha value is -7.48. The van der Waals surface area contributed by atoms with E-state index in [1.165, 1.54) is 66.1 Å². The zero-order valence-electron chi connectivity index (χ0n) is 32.1. The molecule has 1 nitrogen and oxygen atoms in total. The molecule has 0 fully saturated rings. The number of benzene rings is 10. The lowest BCUT2D eigenvalue weighted by molar-refractivity contribution is 0.745. The molecule has 0 aliphatic heterocycles. The zero-order valence-corrected chi connectivity index (χ0v) is 32.1. The lowest BCUT2D eigenvalue weighted by atomic mass is 9.65. The van der Waals surface area contributed by atoms with Gasteiger partial charge in [-0.05, 0) is 102 Å². The highest BCUT2D eigenvalue weighted by Crippen LogP contribution is 2.48. The van der Waals surface area contributed by atoms with Crippen molar-refractivity contribution < 1.29 is 0 Å². The van der Waals surface area contributed by atoms with E-state index in [9.17, 15) is 0 Å². The van der Waals surface area contributed by atoms with Crippen LogP contribution in [0.25, 0.3) is 43.8 Å². The van der Waals surface area contributed by atoms with Crippen molar-refractivity contribution in [2.75, 3.05) is 4.90 Å². The molecule has 0 aromatic heterocycles. The van der Waals surface area contributed by atoms with E-state index in [0.29, 0.717) is 0 Å². The predicted molar refractivity (Wildman–Crippen MR) is 245 cm³/mol. The molecule has 10 rings (SSSR count). The number of para-hydroxylation sites is 2. The fourth-order valence-corrected chi connectivity index (χ4v) is 9.08. The minimum absolute atomic E-state index is 0.501. The summed E-state index contributed by atoms with van der Waals surface area (Å²) in [4.78, 5) is 2.31. The average molecular weight is 740 g/mol. The highest BCUT2D eigenvalue weighted by atomic mass is 15.1. The number of hydrogen-bond donors (Lipinski definition) is 0. The lowest BCUT2D eigenvalue weighted by Crippen LogP contribution is -2.30. The average Bonchev–Trinajstić information content (AvgIpc) is 3.31. The second-order valence-corrected chi connectivity index (χ2v) is 14.8. The molecule has 0 aliphatic rings. The molecular weight excluding hydrogens is 699 g/mol. The second-order valence-electron chi connectivity index (χ2n) is 14.8. The Kier molecular flexibility index (Phi) is 9.18.